The van der Waals surface area contributed by atoms with Crippen molar-refractivity contribution in [3.8, 4) is 0 Å². The quantitative estimate of drug-likeness (QED) is 0.677. The summed E-state index contributed by atoms with van der Waals surface area (Å²) in [5.41, 5.74) is 0.729. The molecule has 1 atom stereocenters. The lowest BCUT2D eigenvalue weighted by Gasteiger charge is -2.54. The number of thioether (sulfide) groups is 1. The van der Waals surface area contributed by atoms with Gasteiger partial charge < -0.3 is 9.47 Å². The van der Waals surface area contributed by atoms with Crippen LogP contribution < -0.4 is 0 Å². The number of carbonyl (C=O) groups is 1. The molecular weight excluding hydrogens is 382 g/mol. The van der Waals surface area contributed by atoms with Gasteiger partial charge in [0.2, 0.25) is 5.23 Å². The third kappa shape index (κ3) is 4.00. The second-order valence-electron chi connectivity index (χ2n) is 8.53. The first kappa shape index (κ1) is 19.1. The number of rotatable bonds is 4. The van der Waals surface area contributed by atoms with Crippen LogP contribution in [0.1, 0.15) is 48.9 Å². The summed E-state index contributed by atoms with van der Waals surface area (Å²) in [6.45, 7) is 0.292. The minimum atomic E-state index is -0.286. The Hall–Kier alpha value is -1.20. The zero-order valence-corrected chi connectivity index (χ0v) is 17.0. The fourth-order valence-corrected chi connectivity index (χ4v) is 6.69. The van der Waals surface area contributed by atoms with Gasteiger partial charge in [0.05, 0.1) is 11.1 Å². The van der Waals surface area contributed by atoms with Crippen LogP contribution in [-0.4, -0.2) is 35.2 Å². The van der Waals surface area contributed by atoms with Gasteiger partial charge in [-0.25, -0.2) is 9.79 Å². The summed E-state index contributed by atoms with van der Waals surface area (Å²) in [4.78, 5) is 17.2. The Balaban J connectivity index is 0.00000180. The third-order valence-corrected chi connectivity index (χ3v) is 7.38. The molecule has 4 saturated carbocycles. The monoisotopic (exact) mass is 407 g/mol. The van der Waals surface area contributed by atoms with Crippen LogP contribution in [0.25, 0.3) is 0 Å². The lowest BCUT2D eigenvalue weighted by Crippen LogP contribution is -2.49. The molecule has 1 heterocycles. The molecule has 146 valence electrons. The first-order valence-electron chi connectivity index (χ1n) is 9.79. The Morgan fingerprint density at radius 3 is 2.37 bits per heavy atom. The lowest BCUT2D eigenvalue weighted by atomic mass is 9.53. The highest BCUT2D eigenvalue weighted by Crippen LogP contribution is 2.57. The van der Waals surface area contributed by atoms with Crippen molar-refractivity contribution in [3.63, 3.8) is 0 Å². The molecular formula is C21H26ClNO3S. The first-order valence-corrected chi connectivity index (χ1v) is 10.8. The van der Waals surface area contributed by atoms with E-state index in [4.69, 9.17) is 14.5 Å². The van der Waals surface area contributed by atoms with Crippen LogP contribution in [0.3, 0.4) is 0 Å². The van der Waals surface area contributed by atoms with E-state index in [9.17, 15) is 4.79 Å². The van der Waals surface area contributed by atoms with E-state index in [-0.39, 0.29) is 30.0 Å². The first-order chi connectivity index (χ1) is 12.7. The zero-order chi connectivity index (χ0) is 17.6. The molecule has 27 heavy (non-hydrogen) atoms. The minimum Gasteiger partial charge on any atom is -0.465 e. The average Bonchev–Trinajstić information content (AvgIpc) is 3.06. The van der Waals surface area contributed by atoms with E-state index in [1.54, 1.807) is 23.9 Å². The molecule has 6 rings (SSSR count). The number of carbonyl (C=O) groups excluding carboxylic acids is 1. The molecule has 4 bridgehead atoms. The second kappa shape index (κ2) is 7.67. The molecule has 0 N–H and O–H groups in total. The Morgan fingerprint density at radius 2 is 1.74 bits per heavy atom. The largest absolute Gasteiger partial charge is 0.465 e. The number of esters is 1. The van der Waals surface area contributed by atoms with Gasteiger partial charge in [0.15, 0.2) is 0 Å². The molecule has 1 saturated heterocycles. The van der Waals surface area contributed by atoms with Gasteiger partial charge in [-0.15, -0.1) is 12.4 Å². The van der Waals surface area contributed by atoms with Gasteiger partial charge in [-0.05, 0) is 68.4 Å². The predicted molar refractivity (Wildman–Crippen MR) is 110 cm³/mol. The Kier molecular flexibility index (Phi) is 5.43. The predicted octanol–water partition coefficient (Wildman–Crippen LogP) is 4.72. The van der Waals surface area contributed by atoms with E-state index < -0.39 is 0 Å². The van der Waals surface area contributed by atoms with Crippen LogP contribution in [0, 0.1) is 17.8 Å². The second-order valence-corrected chi connectivity index (χ2v) is 9.51. The normalized spacial score (nSPS) is 37.7. The van der Waals surface area contributed by atoms with Crippen LogP contribution in [0.15, 0.2) is 35.3 Å². The summed E-state index contributed by atoms with van der Waals surface area (Å²) in [6.07, 6.45) is 7.95. The van der Waals surface area contributed by atoms with Crippen molar-refractivity contribution in [2.24, 2.45) is 22.7 Å². The number of hydrogen-bond acceptors (Lipinski definition) is 5. The van der Waals surface area contributed by atoms with E-state index in [2.05, 4.69) is 0 Å². The summed E-state index contributed by atoms with van der Waals surface area (Å²) in [5, 5.41) is 0.827. The lowest BCUT2D eigenvalue weighted by molar-refractivity contribution is -0.0000971. The summed E-state index contributed by atoms with van der Waals surface area (Å²) < 4.78 is 11.4. The van der Waals surface area contributed by atoms with Crippen LogP contribution >= 0.6 is 24.2 Å². The van der Waals surface area contributed by atoms with Gasteiger partial charge in [-0.1, -0.05) is 30.0 Å². The molecule has 1 unspecified atom stereocenters. The topological polar surface area (TPSA) is 47.9 Å². The van der Waals surface area contributed by atoms with Gasteiger partial charge >= 0.3 is 5.97 Å². The highest BCUT2D eigenvalue weighted by atomic mass is 35.5. The van der Waals surface area contributed by atoms with Crippen molar-refractivity contribution < 1.29 is 14.3 Å². The van der Waals surface area contributed by atoms with Crippen molar-refractivity contribution in [1.29, 1.82) is 0 Å². The van der Waals surface area contributed by atoms with Gasteiger partial charge in [0.25, 0.3) is 0 Å². The smallest absolute Gasteiger partial charge is 0.338 e. The molecule has 0 amide bonds. The fraction of sp³-hybridized carbons (Fsp3) is 0.619. The summed E-state index contributed by atoms with van der Waals surface area (Å²) in [6, 6.07) is 9.11. The van der Waals surface area contributed by atoms with E-state index in [0.717, 1.165) is 28.7 Å². The number of benzene rings is 1. The third-order valence-electron chi connectivity index (χ3n) is 6.40. The van der Waals surface area contributed by atoms with Crippen LogP contribution in [0.2, 0.25) is 0 Å². The number of hydrogen-bond donors (Lipinski definition) is 0. The van der Waals surface area contributed by atoms with Crippen LogP contribution in [0.4, 0.5) is 0 Å². The zero-order valence-electron chi connectivity index (χ0n) is 15.3. The standard InChI is InChI=1S/C21H25NO3S.ClH/c23-19(17-4-2-1-3-5-17)24-12-18-13-26-20(25-18)22-21-9-14-6-15(10-21)8-16(7-14)11-21;/h1-5,14-16,18H,6-13H2;1H. The van der Waals surface area contributed by atoms with Gasteiger partial charge in [-0.2, -0.15) is 0 Å². The summed E-state index contributed by atoms with van der Waals surface area (Å²) in [5.74, 6) is 3.19. The highest BCUT2D eigenvalue weighted by Gasteiger charge is 2.51. The fourth-order valence-electron chi connectivity index (χ4n) is 5.74. The average molecular weight is 408 g/mol. The molecule has 6 heteroatoms. The van der Waals surface area contributed by atoms with E-state index in [0.29, 0.717) is 12.2 Å². The molecule has 1 aliphatic heterocycles. The van der Waals surface area contributed by atoms with Crippen molar-refractivity contribution in [3.05, 3.63) is 35.9 Å². The molecule has 1 aromatic carbocycles. The van der Waals surface area contributed by atoms with E-state index in [1.807, 2.05) is 18.2 Å². The van der Waals surface area contributed by atoms with Gasteiger partial charge in [0, 0.05) is 5.75 Å². The molecule has 4 nitrogen and oxygen atoms in total. The van der Waals surface area contributed by atoms with Crippen LogP contribution in [-0.2, 0) is 9.47 Å². The molecule has 0 radical (unpaired) electrons. The Morgan fingerprint density at radius 1 is 1.11 bits per heavy atom. The van der Waals surface area contributed by atoms with Gasteiger partial charge in [0.1, 0.15) is 12.7 Å². The maximum atomic E-state index is 12.1. The molecule has 1 aromatic rings. The Labute approximate surface area is 170 Å². The molecule has 5 aliphatic rings. The SMILES string of the molecule is Cl.O=C(OCC1CSC(=NC23CC4CC(CC(C4)C2)C3)O1)c1ccccc1. The van der Waals surface area contributed by atoms with Crippen molar-refractivity contribution in [2.75, 3.05) is 12.4 Å². The maximum absolute atomic E-state index is 12.1. The maximum Gasteiger partial charge on any atom is 0.338 e. The van der Waals surface area contributed by atoms with Crippen molar-refractivity contribution >= 4 is 35.4 Å². The van der Waals surface area contributed by atoms with E-state index in [1.165, 1.54) is 38.5 Å². The number of aliphatic imine (C=N–C) groups is 1. The number of halogens is 1. The van der Waals surface area contributed by atoms with E-state index >= 15 is 0 Å². The van der Waals surface area contributed by atoms with Gasteiger partial charge in [-0.3, -0.25) is 0 Å². The number of ether oxygens (including phenoxy) is 2. The summed E-state index contributed by atoms with van der Waals surface area (Å²) in [7, 11) is 0. The minimum absolute atomic E-state index is 0. The Bertz CT molecular complexity index is 688. The summed E-state index contributed by atoms with van der Waals surface area (Å²) >= 11 is 1.68. The molecule has 5 fully saturated rings. The molecule has 0 aromatic heterocycles. The van der Waals surface area contributed by atoms with Crippen molar-refractivity contribution in [2.45, 2.75) is 50.2 Å². The number of nitrogens with zero attached hydrogens (tertiary/aromatic N) is 1. The van der Waals surface area contributed by atoms with Crippen LogP contribution in [0.5, 0.6) is 0 Å². The molecule has 0 spiro atoms. The highest BCUT2D eigenvalue weighted by molar-refractivity contribution is 8.13. The molecule has 4 aliphatic carbocycles. The van der Waals surface area contributed by atoms with Crippen molar-refractivity contribution in [1.82, 2.24) is 0 Å².